The zero-order valence-electron chi connectivity index (χ0n) is 13.5. The Bertz CT molecular complexity index is 862. The van der Waals surface area contributed by atoms with Crippen LogP contribution in [0.15, 0.2) is 42.5 Å². The van der Waals surface area contributed by atoms with Gasteiger partial charge in [0.1, 0.15) is 0 Å². The van der Waals surface area contributed by atoms with Crippen LogP contribution < -0.4 is 5.32 Å². The van der Waals surface area contributed by atoms with Gasteiger partial charge in [0.05, 0.1) is 5.56 Å². The van der Waals surface area contributed by atoms with Crippen molar-refractivity contribution in [3.8, 4) is 0 Å². The maximum atomic E-state index is 12.3. The number of hydrogen-bond donors (Lipinski definition) is 1. The normalized spacial score (nSPS) is 14.2. The molecule has 0 saturated heterocycles. The van der Waals surface area contributed by atoms with Crippen LogP contribution in [0, 0.1) is 0 Å². The quantitative estimate of drug-likeness (QED) is 0.669. The highest BCUT2D eigenvalue weighted by atomic mass is 35.5. The molecular weight excluding hydrogens is 342 g/mol. The van der Waals surface area contributed by atoms with E-state index in [2.05, 4.69) is 5.32 Å². The number of benzene rings is 2. The molecule has 0 aliphatic carbocycles. The molecular formula is C19H16ClNO4. The minimum Gasteiger partial charge on any atom is -0.451 e. The van der Waals surface area contributed by atoms with Gasteiger partial charge in [0, 0.05) is 22.7 Å². The summed E-state index contributed by atoms with van der Waals surface area (Å²) in [4.78, 5) is 36.0. The number of anilines is 1. The smallest absolute Gasteiger partial charge is 0.338 e. The van der Waals surface area contributed by atoms with E-state index in [1.165, 1.54) is 13.0 Å². The SMILES string of the molecule is CC(OC(=O)c1ccc2c(c1)CCC(=O)N2)C(=O)c1cccc(Cl)c1. The van der Waals surface area contributed by atoms with E-state index in [1.54, 1.807) is 36.4 Å². The maximum Gasteiger partial charge on any atom is 0.338 e. The molecule has 0 bridgehead atoms. The maximum absolute atomic E-state index is 12.3. The van der Waals surface area contributed by atoms with Crippen LogP contribution in [0.5, 0.6) is 0 Å². The highest BCUT2D eigenvalue weighted by molar-refractivity contribution is 6.31. The van der Waals surface area contributed by atoms with E-state index in [-0.39, 0.29) is 11.7 Å². The average molecular weight is 358 g/mol. The van der Waals surface area contributed by atoms with E-state index in [1.807, 2.05) is 0 Å². The summed E-state index contributed by atoms with van der Waals surface area (Å²) in [6.07, 6.45) is 0.0238. The average Bonchev–Trinajstić information content (AvgIpc) is 2.60. The topological polar surface area (TPSA) is 72.5 Å². The Hall–Kier alpha value is -2.66. The number of carbonyl (C=O) groups is 3. The summed E-state index contributed by atoms with van der Waals surface area (Å²) < 4.78 is 5.29. The zero-order valence-corrected chi connectivity index (χ0v) is 14.3. The fourth-order valence-corrected chi connectivity index (χ4v) is 2.86. The fraction of sp³-hybridized carbons (Fsp3) is 0.211. The number of rotatable bonds is 4. The molecule has 2 aromatic rings. The molecule has 1 N–H and O–H groups in total. The molecule has 1 amide bonds. The first-order chi connectivity index (χ1) is 11.9. The number of Topliss-reactive ketones (excluding diaryl/α,β-unsaturated/α-hetero) is 1. The second kappa shape index (κ2) is 7.07. The van der Waals surface area contributed by atoms with Crippen LogP contribution in [-0.4, -0.2) is 23.8 Å². The second-order valence-electron chi connectivity index (χ2n) is 5.84. The minimum atomic E-state index is -0.929. The number of carbonyl (C=O) groups excluding carboxylic acids is 3. The van der Waals surface area contributed by atoms with Crippen molar-refractivity contribution in [3.63, 3.8) is 0 Å². The third kappa shape index (κ3) is 3.88. The van der Waals surface area contributed by atoms with Crippen molar-refractivity contribution in [1.29, 1.82) is 0 Å². The van der Waals surface area contributed by atoms with Gasteiger partial charge in [-0.2, -0.15) is 0 Å². The Kier molecular flexibility index (Phi) is 4.86. The van der Waals surface area contributed by atoms with Crippen molar-refractivity contribution in [3.05, 3.63) is 64.2 Å². The summed E-state index contributed by atoms with van der Waals surface area (Å²) in [5.74, 6) is -0.938. The summed E-state index contributed by atoms with van der Waals surface area (Å²) >= 11 is 5.88. The Morgan fingerprint density at radius 3 is 2.68 bits per heavy atom. The van der Waals surface area contributed by atoms with Gasteiger partial charge >= 0.3 is 5.97 Å². The Morgan fingerprint density at radius 2 is 1.92 bits per heavy atom. The van der Waals surface area contributed by atoms with Gasteiger partial charge in [-0.1, -0.05) is 23.7 Å². The number of ether oxygens (including phenoxy) is 1. The van der Waals surface area contributed by atoms with E-state index >= 15 is 0 Å². The Balaban J connectivity index is 1.71. The third-order valence-electron chi connectivity index (χ3n) is 4.00. The monoisotopic (exact) mass is 357 g/mol. The van der Waals surface area contributed by atoms with Gasteiger partial charge in [-0.15, -0.1) is 0 Å². The number of halogens is 1. The molecule has 0 radical (unpaired) electrons. The number of aryl methyl sites for hydroxylation is 1. The van der Waals surface area contributed by atoms with Crippen LogP contribution in [0.25, 0.3) is 0 Å². The number of amides is 1. The summed E-state index contributed by atoms with van der Waals surface area (Å²) in [5.41, 5.74) is 2.32. The highest BCUT2D eigenvalue weighted by Gasteiger charge is 2.22. The lowest BCUT2D eigenvalue weighted by Crippen LogP contribution is -2.25. The number of nitrogens with one attached hydrogen (secondary N) is 1. The van der Waals surface area contributed by atoms with E-state index < -0.39 is 12.1 Å². The Morgan fingerprint density at radius 1 is 1.12 bits per heavy atom. The summed E-state index contributed by atoms with van der Waals surface area (Å²) in [6, 6.07) is 11.4. The first-order valence-electron chi connectivity index (χ1n) is 7.87. The summed E-state index contributed by atoms with van der Waals surface area (Å²) in [7, 11) is 0. The zero-order chi connectivity index (χ0) is 18.0. The lowest BCUT2D eigenvalue weighted by molar-refractivity contribution is -0.116. The molecule has 25 heavy (non-hydrogen) atoms. The first kappa shape index (κ1) is 17.2. The van der Waals surface area contributed by atoms with E-state index in [0.29, 0.717) is 34.7 Å². The largest absolute Gasteiger partial charge is 0.451 e. The lowest BCUT2D eigenvalue weighted by Gasteiger charge is -2.18. The van der Waals surface area contributed by atoms with Crippen molar-refractivity contribution in [2.24, 2.45) is 0 Å². The molecule has 2 aromatic carbocycles. The van der Waals surface area contributed by atoms with Gasteiger partial charge in [0.15, 0.2) is 6.10 Å². The van der Waals surface area contributed by atoms with Crippen molar-refractivity contribution >= 4 is 34.9 Å². The minimum absolute atomic E-state index is 0.0384. The molecule has 5 nitrogen and oxygen atoms in total. The molecule has 1 aliphatic heterocycles. The molecule has 1 atom stereocenters. The first-order valence-corrected chi connectivity index (χ1v) is 8.25. The van der Waals surface area contributed by atoms with Crippen LogP contribution in [0.4, 0.5) is 5.69 Å². The van der Waals surface area contributed by atoms with Gasteiger partial charge in [-0.25, -0.2) is 4.79 Å². The molecule has 6 heteroatoms. The van der Waals surface area contributed by atoms with Crippen LogP contribution in [-0.2, 0) is 16.0 Å². The standard InChI is InChI=1S/C19H16ClNO4/c1-11(18(23)13-3-2-4-15(20)10-13)25-19(24)14-5-7-16-12(9-14)6-8-17(22)21-16/h2-5,7,9-11H,6,8H2,1H3,(H,21,22). The van der Waals surface area contributed by atoms with Crippen LogP contribution in [0.2, 0.25) is 5.02 Å². The van der Waals surface area contributed by atoms with Crippen LogP contribution >= 0.6 is 11.6 Å². The molecule has 1 heterocycles. The predicted octanol–water partition coefficient (Wildman–Crippen LogP) is 3.65. The molecule has 3 rings (SSSR count). The van der Waals surface area contributed by atoms with E-state index in [9.17, 15) is 14.4 Å². The van der Waals surface area contributed by atoms with Crippen molar-refractivity contribution in [1.82, 2.24) is 0 Å². The summed E-state index contributed by atoms with van der Waals surface area (Å²) in [5, 5.41) is 3.20. The molecule has 1 aliphatic rings. The molecule has 1 unspecified atom stereocenters. The number of esters is 1. The van der Waals surface area contributed by atoms with Crippen molar-refractivity contribution < 1.29 is 19.1 Å². The summed E-state index contributed by atoms with van der Waals surface area (Å²) in [6.45, 7) is 1.53. The predicted molar refractivity (Wildman–Crippen MR) is 94.1 cm³/mol. The number of fused-ring (bicyclic) bond motifs is 1. The van der Waals surface area contributed by atoms with Gasteiger partial charge in [-0.3, -0.25) is 9.59 Å². The second-order valence-corrected chi connectivity index (χ2v) is 6.28. The van der Waals surface area contributed by atoms with Crippen molar-refractivity contribution in [2.45, 2.75) is 25.9 Å². The third-order valence-corrected chi connectivity index (χ3v) is 4.23. The van der Waals surface area contributed by atoms with Gasteiger partial charge in [0.2, 0.25) is 11.7 Å². The number of hydrogen-bond acceptors (Lipinski definition) is 4. The number of ketones is 1. The van der Waals surface area contributed by atoms with Gasteiger partial charge in [-0.05, 0) is 49.2 Å². The fourth-order valence-electron chi connectivity index (χ4n) is 2.67. The lowest BCUT2D eigenvalue weighted by atomic mass is 10.0. The molecule has 0 aromatic heterocycles. The Labute approximate surface area is 149 Å². The molecule has 0 spiro atoms. The van der Waals surface area contributed by atoms with E-state index in [0.717, 1.165) is 5.56 Å². The molecule has 0 saturated carbocycles. The highest BCUT2D eigenvalue weighted by Crippen LogP contribution is 2.24. The van der Waals surface area contributed by atoms with Crippen LogP contribution in [0.1, 0.15) is 39.6 Å². The molecule has 128 valence electrons. The van der Waals surface area contributed by atoms with E-state index in [4.69, 9.17) is 16.3 Å². The molecule has 0 fully saturated rings. The van der Waals surface area contributed by atoms with Crippen LogP contribution in [0.3, 0.4) is 0 Å². The van der Waals surface area contributed by atoms with Crippen molar-refractivity contribution in [2.75, 3.05) is 5.32 Å². The van der Waals surface area contributed by atoms with Gasteiger partial charge < -0.3 is 10.1 Å². The van der Waals surface area contributed by atoms with Gasteiger partial charge in [0.25, 0.3) is 0 Å².